The highest BCUT2D eigenvalue weighted by atomic mass is 16.6. The van der Waals surface area contributed by atoms with Crippen LogP contribution in [0.2, 0.25) is 0 Å². The van der Waals surface area contributed by atoms with Crippen molar-refractivity contribution in [1.29, 1.82) is 0 Å². The normalized spacial score (nSPS) is 43.7. The van der Waals surface area contributed by atoms with E-state index in [0.717, 1.165) is 25.7 Å². The largest absolute Gasteiger partial charge is 0.455 e. The molecular weight excluding hydrogens is 228 g/mol. The van der Waals surface area contributed by atoms with E-state index in [-0.39, 0.29) is 29.7 Å². The summed E-state index contributed by atoms with van der Waals surface area (Å²) < 4.78 is 11.3. The van der Waals surface area contributed by atoms with Crippen LogP contribution >= 0.6 is 0 Å². The van der Waals surface area contributed by atoms with Gasteiger partial charge in [-0.15, -0.1) is 0 Å². The zero-order chi connectivity index (χ0) is 12.9. The Balaban J connectivity index is 1.87. The molecule has 2 heterocycles. The van der Waals surface area contributed by atoms with Gasteiger partial charge in [0.25, 0.3) is 0 Å². The van der Waals surface area contributed by atoms with E-state index in [1.165, 1.54) is 5.57 Å². The van der Waals surface area contributed by atoms with Gasteiger partial charge in [-0.1, -0.05) is 18.2 Å². The molecule has 3 aliphatic rings. The van der Waals surface area contributed by atoms with E-state index < -0.39 is 0 Å². The van der Waals surface area contributed by atoms with Gasteiger partial charge in [-0.25, -0.2) is 4.79 Å². The summed E-state index contributed by atoms with van der Waals surface area (Å²) in [6.45, 7) is 8.17. The van der Waals surface area contributed by atoms with Crippen molar-refractivity contribution >= 4 is 5.97 Å². The number of rotatable bonds is 0. The summed E-state index contributed by atoms with van der Waals surface area (Å²) in [6.07, 6.45) is 6.25. The van der Waals surface area contributed by atoms with Gasteiger partial charge in [-0.3, -0.25) is 0 Å². The number of epoxide rings is 1. The Hall–Kier alpha value is -1.09. The summed E-state index contributed by atoms with van der Waals surface area (Å²) in [5, 5.41) is 0. The lowest BCUT2D eigenvalue weighted by Crippen LogP contribution is -2.28. The molecule has 3 nitrogen and oxygen atoms in total. The third-order valence-corrected chi connectivity index (χ3v) is 4.57. The van der Waals surface area contributed by atoms with Gasteiger partial charge in [-0.2, -0.15) is 0 Å². The molecule has 3 rings (SSSR count). The van der Waals surface area contributed by atoms with E-state index in [9.17, 15) is 4.79 Å². The van der Waals surface area contributed by atoms with E-state index in [1.807, 2.05) is 0 Å². The number of fused-ring (bicyclic) bond motifs is 3. The fraction of sp³-hybridized carbons (Fsp3) is 0.667. The average molecular weight is 248 g/mol. The van der Waals surface area contributed by atoms with E-state index in [2.05, 4.69) is 26.5 Å². The Morgan fingerprint density at radius 3 is 3.06 bits per heavy atom. The number of hydrogen-bond acceptors (Lipinski definition) is 3. The van der Waals surface area contributed by atoms with E-state index in [4.69, 9.17) is 9.47 Å². The molecule has 2 unspecified atom stereocenters. The van der Waals surface area contributed by atoms with Gasteiger partial charge >= 0.3 is 5.97 Å². The van der Waals surface area contributed by atoms with Crippen molar-refractivity contribution in [2.45, 2.75) is 57.3 Å². The molecule has 2 aliphatic heterocycles. The molecule has 18 heavy (non-hydrogen) atoms. The minimum absolute atomic E-state index is 0.0671. The smallest absolute Gasteiger partial charge is 0.334 e. The number of hydrogen-bond donors (Lipinski definition) is 0. The maximum Gasteiger partial charge on any atom is 0.334 e. The fourth-order valence-corrected chi connectivity index (χ4v) is 3.20. The molecule has 2 saturated heterocycles. The maximum atomic E-state index is 11.7. The summed E-state index contributed by atoms with van der Waals surface area (Å²) in [5.41, 5.74) is 1.91. The topological polar surface area (TPSA) is 38.8 Å². The molecule has 1 aliphatic carbocycles. The van der Waals surface area contributed by atoms with Crippen LogP contribution in [0.25, 0.3) is 0 Å². The Labute approximate surface area is 108 Å². The highest BCUT2D eigenvalue weighted by Crippen LogP contribution is 2.49. The quantitative estimate of drug-likeness (QED) is 0.286. The van der Waals surface area contributed by atoms with Crippen molar-refractivity contribution in [2.75, 3.05) is 0 Å². The maximum absolute atomic E-state index is 11.7. The summed E-state index contributed by atoms with van der Waals surface area (Å²) in [4.78, 5) is 11.7. The van der Waals surface area contributed by atoms with Crippen LogP contribution in [0.4, 0.5) is 0 Å². The van der Waals surface area contributed by atoms with Crippen molar-refractivity contribution in [3.05, 3.63) is 23.8 Å². The third kappa shape index (κ3) is 1.81. The van der Waals surface area contributed by atoms with Crippen LogP contribution in [0.3, 0.4) is 0 Å². The number of allylic oxidation sites excluding steroid dienone is 2. The first-order valence-electron chi connectivity index (χ1n) is 6.74. The summed E-state index contributed by atoms with van der Waals surface area (Å²) in [7, 11) is 0. The molecule has 0 amide bonds. The Morgan fingerprint density at radius 1 is 1.50 bits per heavy atom. The summed E-state index contributed by atoms with van der Waals surface area (Å²) in [5.74, 6) is -0.102. The molecule has 0 radical (unpaired) electrons. The van der Waals surface area contributed by atoms with Crippen LogP contribution < -0.4 is 0 Å². The number of ether oxygens (including phenoxy) is 2. The second-order valence-corrected chi connectivity index (χ2v) is 5.98. The first kappa shape index (κ1) is 12.0. The minimum atomic E-state index is -0.233. The summed E-state index contributed by atoms with van der Waals surface area (Å²) >= 11 is 0. The minimum Gasteiger partial charge on any atom is -0.455 e. The lowest BCUT2D eigenvalue weighted by atomic mass is 9.84. The molecule has 0 saturated carbocycles. The van der Waals surface area contributed by atoms with Crippen LogP contribution in [0, 0.1) is 5.92 Å². The third-order valence-electron chi connectivity index (χ3n) is 4.57. The van der Waals surface area contributed by atoms with Gasteiger partial charge in [0.1, 0.15) is 12.2 Å². The molecule has 0 N–H and O–H groups in total. The second-order valence-electron chi connectivity index (χ2n) is 5.98. The molecule has 4 atom stereocenters. The first-order valence-corrected chi connectivity index (χ1v) is 6.74. The van der Waals surface area contributed by atoms with Crippen molar-refractivity contribution in [3.8, 4) is 0 Å². The Kier molecular flexibility index (Phi) is 2.63. The lowest BCUT2D eigenvalue weighted by Gasteiger charge is -2.19. The zero-order valence-corrected chi connectivity index (χ0v) is 11.1. The van der Waals surface area contributed by atoms with Gasteiger partial charge < -0.3 is 9.47 Å². The first-order chi connectivity index (χ1) is 8.51. The lowest BCUT2D eigenvalue weighted by molar-refractivity contribution is -0.140. The standard InChI is InChI=1S/C15H20O3/c1-9-5-4-8-15(3)13(18-15)12-11(7-6-9)10(2)14(16)17-12/h5,11-13H,2,4,6-8H2,1,3H3/t11-,12?,13-,15?/m0/s1. The molecule has 3 heteroatoms. The molecule has 2 fully saturated rings. The molecule has 98 valence electrons. The van der Waals surface area contributed by atoms with Crippen LogP contribution in [-0.4, -0.2) is 23.8 Å². The predicted octanol–water partition coefficient (Wildman–Crippen LogP) is 2.76. The van der Waals surface area contributed by atoms with Gasteiger partial charge in [-0.05, 0) is 39.5 Å². The Morgan fingerprint density at radius 2 is 2.28 bits per heavy atom. The van der Waals surface area contributed by atoms with Crippen LogP contribution in [0.5, 0.6) is 0 Å². The van der Waals surface area contributed by atoms with Gasteiger partial charge in [0.2, 0.25) is 0 Å². The molecule has 0 aromatic heterocycles. The van der Waals surface area contributed by atoms with Crippen LogP contribution in [0.1, 0.15) is 39.5 Å². The number of esters is 1. The van der Waals surface area contributed by atoms with Crippen LogP contribution in [0.15, 0.2) is 23.8 Å². The zero-order valence-electron chi connectivity index (χ0n) is 11.1. The highest BCUT2D eigenvalue weighted by molar-refractivity contribution is 5.91. The number of carbonyl (C=O) groups is 1. The van der Waals surface area contributed by atoms with E-state index in [1.54, 1.807) is 0 Å². The van der Waals surface area contributed by atoms with Gasteiger partial charge in [0.05, 0.1) is 5.60 Å². The second kappa shape index (κ2) is 3.95. The summed E-state index contributed by atoms with van der Waals surface area (Å²) in [6, 6.07) is 0. The van der Waals surface area contributed by atoms with E-state index in [0.29, 0.717) is 5.57 Å². The molecule has 0 bridgehead atoms. The number of carbonyl (C=O) groups excluding carboxylic acids is 1. The van der Waals surface area contributed by atoms with Crippen molar-refractivity contribution in [1.82, 2.24) is 0 Å². The van der Waals surface area contributed by atoms with Crippen molar-refractivity contribution in [2.24, 2.45) is 5.92 Å². The molecular formula is C15H20O3. The monoisotopic (exact) mass is 248 g/mol. The van der Waals surface area contributed by atoms with Gasteiger partial charge in [0, 0.05) is 11.5 Å². The highest BCUT2D eigenvalue weighted by Gasteiger charge is 2.61. The molecule has 0 aromatic carbocycles. The molecule has 0 spiro atoms. The predicted molar refractivity (Wildman–Crippen MR) is 68.0 cm³/mol. The van der Waals surface area contributed by atoms with Gasteiger partial charge in [0.15, 0.2) is 0 Å². The average Bonchev–Trinajstić information content (AvgIpc) is 2.90. The SMILES string of the molecule is C=C1C(=O)OC2[C@H]1CCC(C)=CCCC1(C)O[C@@H]21. The van der Waals surface area contributed by atoms with Crippen molar-refractivity contribution in [3.63, 3.8) is 0 Å². The fourth-order valence-electron chi connectivity index (χ4n) is 3.20. The Bertz CT molecular complexity index is 437. The van der Waals surface area contributed by atoms with Crippen LogP contribution in [-0.2, 0) is 14.3 Å². The van der Waals surface area contributed by atoms with E-state index >= 15 is 0 Å². The molecule has 0 aromatic rings. The van der Waals surface area contributed by atoms with Crippen molar-refractivity contribution < 1.29 is 14.3 Å².